The van der Waals surface area contributed by atoms with E-state index < -0.39 is 41.7 Å². The molecule has 0 aromatic heterocycles. The second-order valence-corrected chi connectivity index (χ2v) is 12.6. The van der Waals surface area contributed by atoms with Crippen LogP contribution in [0.4, 0.5) is 0 Å². The van der Waals surface area contributed by atoms with Gasteiger partial charge in [0, 0.05) is 52.3 Å². The first-order chi connectivity index (χ1) is 22.4. The van der Waals surface area contributed by atoms with Crippen LogP contribution in [0.15, 0.2) is 54.6 Å². The van der Waals surface area contributed by atoms with Crippen LogP contribution in [-0.4, -0.2) is 127 Å². The van der Waals surface area contributed by atoms with E-state index in [1.165, 1.54) is 0 Å². The summed E-state index contributed by atoms with van der Waals surface area (Å²) in [5.74, 6) is -3.23. The summed E-state index contributed by atoms with van der Waals surface area (Å²) in [5.41, 5.74) is -0.594. The molecule has 1 spiro atoms. The maximum Gasteiger partial charge on any atom is 0.313 e. The third kappa shape index (κ3) is 6.48. The highest BCUT2D eigenvalue weighted by molar-refractivity contribution is 5.99. The minimum Gasteiger partial charge on any atom is -0.455 e. The number of carbonyl (C=O) groups excluding carboxylic acids is 4. The van der Waals surface area contributed by atoms with Crippen molar-refractivity contribution in [1.29, 1.82) is 0 Å². The number of hydrogen-bond donors (Lipinski definition) is 2. The molecule has 5 heterocycles. The Morgan fingerprint density at radius 2 is 1.76 bits per heavy atom. The number of unbranched alkanes of at least 4 members (excludes halogenated alkanes) is 1. The Hall–Kier alpha value is -3.58. The van der Waals surface area contributed by atoms with Crippen LogP contribution >= 0.6 is 0 Å². The number of aliphatic hydroxyl groups is 1. The summed E-state index contributed by atoms with van der Waals surface area (Å²) in [7, 11) is 0. The van der Waals surface area contributed by atoms with E-state index in [9.17, 15) is 24.3 Å². The number of hydrogen-bond acceptors (Lipinski definition) is 9. The van der Waals surface area contributed by atoms with Gasteiger partial charge in [0.05, 0.1) is 31.8 Å². The molecule has 12 nitrogen and oxygen atoms in total. The number of likely N-dealkylation sites (tertiary alicyclic amines) is 1. The highest BCUT2D eigenvalue weighted by atomic mass is 16.6. The van der Waals surface area contributed by atoms with E-state index in [0.717, 1.165) is 18.7 Å². The van der Waals surface area contributed by atoms with Crippen molar-refractivity contribution in [2.45, 2.75) is 49.5 Å². The molecule has 3 amide bonds. The Labute approximate surface area is 269 Å². The molecule has 0 aliphatic carbocycles. The van der Waals surface area contributed by atoms with Crippen molar-refractivity contribution in [3.8, 4) is 0 Å². The molecule has 12 heteroatoms. The molecule has 248 valence electrons. The lowest BCUT2D eigenvalue weighted by Crippen LogP contribution is -2.57. The number of nitrogens with one attached hydrogen (secondary N) is 1. The smallest absolute Gasteiger partial charge is 0.313 e. The van der Waals surface area contributed by atoms with Gasteiger partial charge in [0.15, 0.2) is 0 Å². The van der Waals surface area contributed by atoms with Gasteiger partial charge in [0.1, 0.15) is 23.7 Å². The van der Waals surface area contributed by atoms with Gasteiger partial charge in [-0.15, -0.1) is 0 Å². The first-order valence-corrected chi connectivity index (χ1v) is 16.5. The molecule has 0 radical (unpaired) electrons. The average molecular weight is 637 g/mol. The van der Waals surface area contributed by atoms with Crippen molar-refractivity contribution in [3.05, 3.63) is 60.2 Å². The molecule has 1 aromatic rings. The van der Waals surface area contributed by atoms with Crippen molar-refractivity contribution in [3.63, 3.8) is 0 Å². The second kappa shape index (κ2) is 14.5. The number of cyclic esters (lactones) is 1. The number of amides is 3. The Morgan fingerprint density at radius 1 is 0.957 bits per heavy atom. The van der Waals surface area contributed by atoms with Gasteiger partial charge < -0.3 is 34.4 Å². The average Bonchev–Trinajstić information content (AvgIpc) is 3.72. The zero-order valence-corrected chi connectivity index (χ0v) is 26.1. The molecular formula is C34H44N4O8. The topological polar surface area (TPSA) is 138 Å². The largest absolute Gasteiger partial charge is 0.455 e. The SMILES string of the molecule is O=C1CC/C=C\CN(CCN2CCOCC2)C(=O)[C@@H]2N(CCCCO)C(=O)[C@H]3[C@H](C(=O)O[C@H](c4ccccc4)CN1)[C@@H]1C=C[C@]23O1. The van der Waals surface area contributed by atoms with E-state index in [2.05, 4.69) is 10.2 Å². The third-order valence-corrected chi connectivity index (χ3v) is 9.73. The van der Waals surface area contributed by atoms with E-state index in [4.69, 9.17) is 14.2 Å². The van der Waals surface area contributed by atoms with E-state index in [0.29, 0.717) is 52.1 Å². The maximum absolute atomic E-state index is 14.7. The molecular weight excluding hydrogens is 592 g/mol. The first kappa shape index (κ1) is 32.4. The lowest BCUT2D eigenvalue weighted by atomic mass is 9.74. The predicted molar refractivity (Wildman–Crippen MR) is 166 cm³/mol. The third-order valence-electron chi connectivity index (χ3n) is 9.73. The number of benzene rings is 1. The minimum absolute atomic E-state index is 0.0312. The fourth-order valence-electron chi connectivity index (χ4n) is 7.35. The normalized spacial score (nSPS) is 32.8. The number of carbonyl (C=O) groups is 4. The van der Waals surface area contributed by atoms with Gasteiger partial charge in [0.25, 0.3) is 0 Å². The van der Waals surface area contributed by atoms with E-state index in [1.54, 1.807) is 22.0 Å². The van der Waals surface area contributed by atoms with Crippen LogP contribution in [0.25, 0.3) is 0 Å². The number of ether oxygens (including phenoxy) is 3. The van der Waals surface area contributed by atoms with Crippen LogP contribution in [0.3, 0.4) is 0 Å². The number of nitrogens with zero attached hydrogens (tertiary/aromatic N) is 3. The van der Waals surface area contributed by atoms with Crippen molar-refractivity contribution >= 4 is 23.7 Å². The van der Waals surface area contributed by atoms with Crippen LogP contribution in [0.5, 0.6) is 0 Å². The van der Waals surface area contributed by atoms with Crippen LogP contribution in [0.1, 0.15) is 37.4 Å². The van der Waals surface area contributed by atoms with Crippen LogP contribution in [0, 0.1) is 11.8 Å². The van der Waals surface area contributed by atoms with Crippen molar-refractivity contribution < 1.29 is 38.5 Å². The van der Waals surface area contributed by atoms with E-state index >= 15 is 0 Å². The number of fused-ring (bicyclic) bond motifs is 2. The van der Waals surface area contributed by atoms with Crippen molar-refractivity contribution in [2.24, 2.45) is 11.8 Å². The van der Waals surface area contributed by atoms with Gasteiger partial charge >= 0.3 is 5.97 Å². The molecule has 1 aromatic carbocycles. The lowest BCUT2D eigenvalue weighted by molar-refractivity contribution is -0.159. The number of morpholine rings is 1. The number of rotatable bonds is 8. The molecule has 0 unspecified atom stereocenters. The number of allylic oxidation sites excluding steroid dienone is 1. The molecule has 46 heavy (non-hydrogen) atoms. The van der Waals surface area contributed by atoms with Crippen molar-refractivity contribution in [2.75, 3.05) is 65.6 Å². The van der Waals surface area contributed by atoms with Gasteiger partial charge in [-0.1, -0.05) is 54.6 Å². The number of aliphatic hydroxyl groups excluding tert-OH is 1. The summed E-state index contributed by atoms with van der Waals surface area (Å²) in [6.45, 7) is 4.50. The first-order valence-electron chi connectivity index (χ1n) is 16.5. The molecule has 6 rings (SSSR count). The summed E-state index contributed by atoms with van der Waals surface area (Å²) in [4.78, 5) is 61.3. The molecule has 6 atom stereocenters. The van der Waals surface area contributed by atoms with E-state index in [-0.39, 0.29) is 43.8 Å². The van der Waals surface area contributed by atoms with Crippen LogP contribution < -0.4 is 5.32 Å². The monoisotopic (exact) mass is 636 g/mol. The van der Waals surface area contributed by atoms with E-state index in [1.807, 2.05) is 42.5 Å². The Balaban J connectivity index is 1.34. The molecule has 5 aliphatic rings. The molecule has 0 saturated carbocycles. The Kier molecular flexibility index (Phi) is 10.2. The maximum atomic E-state index is 14.7. The van der Waals surface area contributed by atoms with Crippen molar-refractivity contribution in [1.82, 2.24) is 20.0 Å². The summed E-state index contributed by atoms with van der Waals surface area (Å²) >= 11 is 0. The van der Waals surface area contributed by atoms with Crippen LogP contribution in [0.2, 0.25) is 0 Å². The molecule has 2 N–H and O–H groups in total. The number of esters is 1. The summed E-state index contributed by atoms with van der Waals surface area (Å²) in [6, 6.07) is 8.22. The predicted octanol–water partition coefficient (Wildman–Crippen LogP) is 0.821. The van der Waals surface area contributed by atoms with Gasteiger partial charge in [-0.2, -0.15) is 0 Å². The minimum atomic E-state index is -1.31. The van der Waals surface area contributed by atoms with Gasteiger partial charge in [0.2, 0.25) is 17.7 Å². The molecule has 5 bridgehead atoms. The van der Waals surface area contributed by atoms with Crippen LogP contribution in [-0.2, 0) is 33.4 Å². The standard InChI is InChI=1S/C34H44N4O8/c39-20-8-7-15-38-30-32(42)37(17-16-36-18-21-44-22-19-36)14-6-2-5-11-27(40)35-23-26(24-9-3-1-4-10-24)45-33(43)28-25-12-13-34(30,46-25)29(28)31(38)41/h1-4,6,9-10,12-13,25-26,28-30,39H,5,7-8,11,14-23H2,(H,35,40)/b6-2-/t25-,26-,28+,29+,30-,34+/m0/s1. The van der Waals surface area contributed by atoms with Gasteiger partial charge in [-0.05, 0) is 24.8 Å². The summed E-state index contributed by atoms with van der Waals surface area (Å²) < 4.78 is 18.1. The Bertz CT molecular complexity index is 1330. The quantitative estimate of drug-likeness (QED) is 0.241. The van der Waals surface area contributed by atoms with Gasteiger partial charge in [-0.25, -0.2) is 0 Å². The fraction of sp³-hybridized carbons (Fsp3) is 0.588. The zero-order valence-electron chi connectivity index (χ0n) is 26.1. The van der Waals surface area contributed by atoms with Gasteiger partial charge in [-0.3, -0.25) is 24.1 Å². The highest BCUT2D eigenvalue weighted by Crippen LogP contribution is 2.55. The molecule has 5 aliphatic heterocycles. The summed E-state index contributed by atoms with van der Waals surface area (Å²) in [6.07, 6.45) is 7.58. The zero-order chi connectivity index (χ0) is 32.1. The second-order valence-electron chi connectivity index (χ2n) is 12.6. The Morgan fingerprint density at radius 3 is 2.54 bits per heavy atom. The lowest BCUT2D eigenvalue weighted by Gasteiger charge is -2.37. The highest BCUT2D eigenvalue weighted by Gasteiger charge is 2.73. The summed E-state index contributed by atoms with van der Waals surface area (Å²) in [5, 5.41) is 12.4. The molecule has 3 saturated heterocycles. The molecule has 3 fully saturated rings. The fourth-order valence-corrected chi connectivity index (χ4v) is 7.35.